The zero-order chi connectivity index (χ0) is 16.8. The molecule has 0 saturated heterocycles. The molecule has 2 rings (SSSR count). The van der Waals surface area contributed by atoms with Crippen molar-refractivity contribution in [3.05, 3.63) is 47.8 Å². The molecule has 1 aromatic carbocycles. The Bertz CT molecular complexity index is 707. The molecule has 2 aromatic rings. The molecule has 0 atom stereocenters. The number of nitrogens with zero attached hydrogens (tertiary/aromatic N) is 3. The van der Waals surface area contributed by atoms with Gasteiger partial charge in [-0.3, -0.25) is 9.48 Å². The minimum Gasteiger partial charge on any atom is -0.497 e. The van der Waals surface area contributed by atoms with Gasteiger partial charge in [0.2, 0.25) is 5.91 Å². The molecule has 0 fully saturated rings. The van der Waals surface area contributed by atoms with E-state index in [9.17, 15) is 4.79 Å². The van der Waals surface area contributed by atoms with Crippen LogP contribution in [-0.2, 0) is 18.4 Å². The van der Waals surface area contributed by atoms with Crippen LogP contribution in [0, 0.1) is 0 Å². The Hall–Kier alpha value is -2.76. The fraction of sp³-hybridized carbons (Fsp3) is 0.294. The predicted octanol–water partition coefficient (Wildman–Crippen LogP) is 2.11. The summed E-state index contributed by atoms with van der Waals surface area (Å²) in [7, 11) is 6.79. The molecule has 23 heavy (non-hydrogen) atoms. The smallest absolute Gasteiger partial charge is 0.246 e. The Labute approximate surface area is 135 Å². The van der Waals surface area contributed by atoms with Gasteiger partial charge < -0.3 is 14.4 Å². The number of aromatic nitrogens is 2. The third-order valence-corrected chi connectivity index (χ3v) is 3.40. The number of carbonyl (C=O) groups excluding carboxylic acids is 1. The van der Waals surface area contributed by atoms with Crippen molar-refractivity contribution >= 4 is 12.0 Å². The average molecular weight is 315 g/mol. The number of rotatable bonds is 6. The summed E-state index contributed by atoms with van der Waals surface area (Å²) < 4.78 is 12.2. The molecule has 0 aliphatic heterocycles. The average Bonchev–Trinajstić information content (AvgIpc) is 2.97. The maximum absolute atomic E-state index is 12.2. The lowest BCUT2D eigenvalue weighted by atomic mass is 10.1. The molecule has 0 spiro atoms. The van der Waals surface area contributed by atoms with E-state index in [-0.39, 0.29) is 5.91 Å². The summed E-state index contributed by atoms with van der Waals surface area (Å²) >= 11 is 0. The Kier molecular flexibility index (Phi) is 5.41. The maximum atomic E-state index is 12.2. The Morgan fingerprint density at radius 2 is 2.13 bits per heavy atom. The summed E-state index contributed by atoms with van der Waals surface area (Å²) in [5.74, 6) is 1.27. The summed E-state index contributed by atoms with van der Waals surface area (Å²) in [6.07, 6.45) is 6.90. The van der Waals surface area contributed by atoms with Crippen LogP contribution in [0.4, 0.5) is 0 Å². The third-order valence-electron chi connectivity index (χ3n) is 3.40. The number of hydrogen-bond acceptors (Lipinski definition) is 4. The van der Waals surface area contributed by atoms with E-state index in [1.165, 1.54) is 6.08 Å². The van der Waals surface area contributed by atoms with Crippen molar-refractivity contribution in [1.82, 2.24) is 14.7 Å². The van der Waals surface area contributed by atoms with E-state index in [1.54, 1.807) is 49.2 Å². The molecule has 0 radical (unpaired) electrons. The van der Waals surface area contributed by atoms with E-state index in [0.29, 0.717) is 18.0 Å². The number of methoxy groups -OCH3 is 2. The van der Waals surface area contributed by atoms with Crippen LogP contribution >= 0.6 is 0 Å². The molecular weight excluding hydrogens is 294 g/mol. The standard InChI is InChI=1S/C17H21N3O3/c1-19(11-13-10-18-20(2)12-13)17(21)8-6-14-5-7-15(22-3)9-16(14)23-4/h5-10,12H,11H2,1-4H3/b8-6+. The molecule has 1 aromatic heterocycles. The molecule has 122 valence electrons. The molecule has 0 aliphatic rings. The first-order valence-electron chi connectivity index (χ1n) is 7.16. The third kappa shape index (κ3) is 4.35. The molecule has 0 unspecified atom stereocenters. The zero-order valence-corrected chi connectivity index (χ0v) is 13.8. The number of ether oxygens (including phenoxy) is 2. The highest BCUT2D eigenvalue weighted by atomic mass is 16.5. The van der Waals surface area contributed by atoms with Gasteiger partial charge in [0.25, 0.3) is 0 Å². The molecule has 1 amide bonds. The first-order chi connectivity index (χ1) is 11.0. The lowest BCUT2D eigenvalue weighted by molar-refractivity contribution is -0.125. The largest absolute Gasteiger partial charge is 0.497 e. The van der Waals surface area contributed by atoms with Crippen molar-refractivity contribution in [2.45, 2.75) is 6.54 Å². The second-order valence-corrected chi connectivity index (χ2v) is 5.16. The van der Waals surface area contributed by atoms with Crippen LogP contribution in [0.25, 0.3) is 6.08 Å². The molecule has 1 heterocycles. The highest BCUT2D eigenvalue weighted by Crippen LogP contribution is 2.25. The minimum atomic E-state index is -0.0910. The van der Waals surface area contributed by atoms with Crippen molar-refractivity contribution < 1.29 is 14.3 Å². The number of hydrogen-bond donors (Lipinski definition) is 0. The van der Waals surface area contributed by atoms with Crippen molar-refractivity contribution in [2.75, 3.05) is 21.3 Å². The van der Waals surface area contributed by atoms with E-state index in [4.69, 9.17) is 9.47 Å². The lowest BCUT2D eigenvalue weighted by Gasteiger charge is -2.13. The van der Waals surface area contributed by atoms with E-state index < -0.39 is 0 Å². The van der Waals surface area contributed by atoms with Crippen molar-refractivity contribution in [2.24, 2.45) is 7.05 Å². The molecule has 6 nitrogen and oxygen atoms in total. The zero-order valence-electron chi connectivity index (χ0n) is 13.8. The summed E-state index contributed by atoms with van der Waals surface area (Å²) in [6, 6.07) is 5.46. The fourth-order valence-electron chi connectivity index (χ4n) is 2.15. The second-order valence-electron chi connectivity index (χ2n) is 5.16. The second kappa shape index (κ2) is 7.49. The van der Waals surface area contributed by atoms with Crippen LogP contribution in [0.2, 0.25) is 0 Å². The van der Waals surface area contributed by atoms with Crippen molar-refractivity contribution in [1.29, 1.82) is 0 Å². The lowest BCUT2D eigenvalue weighted by Crippen LogP contribution is -2.23. The first-order valence-corrected chi connectivity index (χ1v) is 7.16. The van der Waals surface area contributed by atoms with Crippen LogP contribution in [0.1, 0.15) is 11.1 Å². The van der Waals surface area contributed by atoms with Crippen LogP contribution in [-0.4, -0.2) is 41.9 Å². The molecule has 0 saturated carbocycles. The van der Waals surface area contributed by atoms with Gasteiger partial charge in [-0.25, -0.2) is 0 Å². The molecule has 0 N–H and O–H groups in total. The fourth-order valence-corrected chi connectivity index (χ4v) is 2.15. The van der Waals surface area contributed by atoms with Crippen LogP contribution in [0.15, 0.2) is 36.7 Å². The summed E-state index contributed by atoms with van der Waals surface area (Å²) in [5, 5.41) is 4.09. The van der Waals surface area contributed by atoms with Gasteiger partial charge in [0.05, 0.1) is 20.4 Å². The monoisotopic (exact) mass is 315 g/mol. The molecule has 6 heteroatoms. The van der Waals surface area contributed by atoms with Gasteiger partial charge in [-0.15, -0.1) is 0 Å². The van der Waals surface area contributed by atoms with E-state index in [1.807, 2.05) is 25.4 Å². The summed E-state index contributed by atoms with van der Waals surface area (Å²) in [4.78, 5) is 13.8. The minimum absolute atomic E-state index is 0.0910. The number of amides is 1. The van der Waals surface area contributed by atoms with Crippen LogP contribution < -0.4 is 9.47 Å². The van der Waals surface area contributed by atoms with Crippen molar-refractivity contribution in [3.8, 4) is 11.5 Å². The SMILES string of the molecule is COc1ccc(/C=C/C(=O)N(C)Cc2cnn(C)c2)c(OC)c1. The van der Waals surface area contributed by atoms with Gasteiger partial charge in [-0.1, -0.05) is 0 Å². The van der Waals surface area contributed by atoms with Crippen LogP contribution in [0.5, 0.6) is 11.5 Å². The van der Waals surface area contributed by atoms with E-state index >= 15 is 0 Å². The quantitative estimate of drug-likeness (QED) is 0.766. The van der Waals surface area contributed by atoms with Gasteiger partial charge in [-0.2, -0.15) is 5.10 Å². The Balaban J connectivity index is 2.05. The maximum Gasteiger partial charge on any atom is 0.246 e. The Morgan fingerprint density at radius 3 is 2.74 bits per heavy atom. The van der Waals surface area contributed by atoms with E-state index in [0.717, 1.165) is 11.1 Å². The van der Waals surface area contributed by atoms with Gasteiger partial charge in [0.1, 0.15) is 11.5 Å². The predicted molar refractivity (Wildman–Crippen MR) is 88.3 cm³/mol. The summed E-state index contributed by atoms with van der Waals surface area (Å²) in [6.45, 7) is 0.511. The van der Waals surface area contributed by atoms with E-state index in [2.05, 4.69) is 5.10 Å². The van der Waals surface area contributed by atoms with Crippen molar-refractivity contribution in [3.63, 3.8) is 0 Å². The molecule has 0 aliphatic carbocycles. The molecular formula is C17H21N3O3. The summed E-state index contributed by atoms with van der Waals surface area (Å²) in [5.41, 5.74) is 1.80. The normalized spacial score (nSPS) is 10.8. The number of likely N-dealkylation sites (N-methyl/N-ethyl adjacent to an activating group) is 1. The number of carbonyl (C=O) groups is 1. The topological polar surface area (TPSA) is 56.6 Å². The van der Waals surface area contributed by atoms with Crippen LogP contribution in [0.3, 0.4) is 0 Å². The first kappa shape index (κ1) is 16.6. The Morgan fingerprint density at radius 1 is 1.35 bits per heavy atom. The number of aryl methyl sites for hydroxylation is 1. The van der Waals surface area contributed by atoms with Gasteiger partial charge in [0, 0.05) is 50.1 Å². The van der Waals surface area contributed by atoms with Gasteiger partial charge >= 0.3 is 0 Å². The number of benzene rings is 1. The van der Waals surface area contributed by atoms with Gasteiger partial charge in [-0.05, 0) is 18.2 Å². The molecule has 0 bridgehead atoms. The van der Waals surface area contributed by atoms with Gasteiger partial charge in [0.15, 0.2) is 0 Å². The highest BCUT2D eigenvalue weighted by molar-refractivity contribution is 5.92. The highest BCUT2D eigenvalue weighted by Gasteiger charge is 2.08.